The second-order valence-electron chi connectivity index (χ2n) is 4.92. The minimum atomic E-state index is -1.08. The van der Waals surface area contributed by atoms with Crippen LogP contribution in [0.4, 0.5) is 10.5 Å². The number of benzene rings is 1. The molecular weight excluding hydrogens is 286 g/mol. The molecule has 7 nitrogen and oxygen atoms in total. The first kappa shape index (κ1) is 17.5. The van der Waals surface area contributed by atoms with E-state index in [1.165, 1.54) is 0 Å². The van der Waals surface area contributed by atoms with E-state index in [0.29, 0.717) is 18.5 Å². The first-order valence-electron chi connectivity index (χ1n) is 7.06. The van der Waals surface area contributed by atoms with Gasteiger partial charge < -0.3 is 21.1 Å². The monoisotopic (exact) mass is 307 g/mol. The van der Waals surface area contributed by atoms with Crippen molar-refractivity contribution < 1.29 is 19.5 Å². The molecule has 1 aromatic carbocycles. The number of anilines is 1. The summed E-state index contributed by atoms with van der Waals surface area (Å²) in [6, 6.07) is 5.77. The van der Waals surface area contributed by atoms with E-state index in [1.807, 2.05) is 19.9 Å². The summed E-state index contributed by atoms with van der Waals surface area (Å²) < 4.78 is 0. The number of urea groups is 1. The van der Waals surface area contributed by atoms with Gasteiger partial charge in [0.2, 0.25) is 5.91 Å². The molecule has 120 valence electrons. The maximum Gasteiger partial charge on any atom is 0.326 e. The summed E-state index contributed by atoms with van der Waals surface area (Å²) in [7, 11) is 0. The van der Waals surface area contributed by atoms with Gasteiger partial charge in [0.1, 0.15) is 6.04 Å². The van der Waals surface area contributed by atoms with Gasteiger partial charge in [-0.25, -0.2) is 9.59 Å². The maximum atomic E-state index is 11.7. The molecule has 0 aliphatic carbocycles. The van der Waals surface area contributed by atoms with Crippen molar-refractivity contribution in [2.24, 2.45) is 0 Å². The van der Waals surface area contributed by atoms with Crippen molar-refractivity contribution in [1.82, 2.24) is 10.6 Å². The van der Waals surface area contributed by atoms with E-state index in [0.717, 1.165) is 5.56 Å². The van der Waals surface area contributed by atoms with Crippen LogP contribution >= 0.6 is 0 Å². The van der Waals surface area contributed by atoms with Crippen molar-refractivity contribution in [2.75, 3.05) is 11.9 Å². The molecule has 0 spiro atoms. The molecule has 4 N–H and O–H groups in total. The highest BCUT2D eigenvalue weighted by Crippen LogP contribution is 2.08. The Labute approximate surface area is 129 Å². The Morgan fingerprint density at radius 1 is 1.27 bits per heavy atom. The minimum absolute atomic E-state index is 0.287. The van der Waals surface area contributed by atoms with Crippen LogP contribution in [-0.2, 0) is 9.59 Å². The molecule has 1 aromatic rings. The van der Waals surface area contributed by atoms with E-state index >= 15 is 0 Å². The van der Waals surface area contributed by atoms with E-state index in [4.69, 9.17) is 5.11 Å². The Morgan fingerprint density at radius 3 is 2.59 bits per heavy atom. The normalized spacial score (nSPS) is 11.4. The lowest BCUT2D eigenvalue weighted by Crippen LogP contribution is -2.46. The zero-order valence-corrected chi connectivity index (χ0v) is 12.7. The smallest absolute Gasteiger partial charge is 0.326 e. The van der Waals surface area contributed by atoms with E-state index in [1.54, 1.807) is 18.2 Å². The van der Waals surface area contributed by atoms with Gasteiger partial charge in [-0.05, 0) is 31.0 Å². The van der Waals surface area contributed by atoms with E-state index in [-0.39, 0.29) is 6.54 Å². The van der Waals surface area contributed by atoms with E-state index < -0.39 is 23.9 Å². The number of aryl methyl sites for hydroxylation is 1. The summed E-state index contributed by atoms with van der Waals surface area (Å²) in [5.41, 5.74) is 1.62. The fourth-order valence-corrected chi connectivity index (χ4v) is 1.85. The molecule has 0 aliphatic rings. The zero-order chi connectivity index (χ0) is 16.5. The molecule has 1 unspecified atom stereocenters. The predicted molar refractivity (Wildman–Crippen MR) is 82.7 cm³/mol. The first-order chi connectivity index (χ1) is 10.4. The van der Waals surface area contributed by atoms with Crippen LogP contribution in [0.1, 0.15) is 25.3 Å². The van der Waals surface area contributed by atoms with Crippen LogP contribution in [-0.4, -0.2) is 35.6 Å². The number of carboxylic acids is 1. The average molecular weight is 307 g/mol. The number of carbonyl (C=O) groups is 3. The average Bonchev–Trinajstić information content (AvgIpc) is 2.44. The van der Waals surface area contributed by atoms with Gasteiger partial charge in [-0.3, -0.25) is 4.79 Å². The predicted octanol–water partition coefficient (Wildman–Crippen LogP) is 1.49. The molecule has 0 radical (unpaired) electrons. The highest BCUT2D eigenvalue weighted by Gasteiger charge is 2.18. The topological polar surface area (TPSA) is 108 Å². The Hall–Kier alpha value is -2.57. The van der Waals surface area contributed by atoms with Crippen LogP contribution < -0.4 is 16.0 Å². The number of hydrogen-bond acceptors (Lipinski definition) is 3. The van der Waals surface area contributed by atoms with E-state index in [9.17, 15) is 14.4 Å². The standard InChI is InChI=1S/C15H21N3O4/c1-3-5-12(14(20)21)18-13(19)9-16-15(22)17-11-7-4-6-10(2)8-11/h4,6-8,12H,3,5,9H2,1-2H3,(H,18,19)(H,20,21)(H2,16,17,22). The third-order valence-electron chi connectivity index (χ3n) is 2.90. The Balaban J connectivity index is 2.40. The lowest BCUT2D eigenvalue weighted by atomic mass is 10.1. The third-order valence-corrected chi connectivity index (χ3v) is 2.90. The zero-order valence-electron chi connectivity index (χ0n) is 12.7. The van der Waals surface area contributed by atoms with Crippen LogP contribution in [0.5, 0.6) is 0 Å². The summed E-state index contributed by atoms with van der Waals surface area (Å²) >= 11 is 0. The van der Waals surface area contributed by atoms with Gasteiger partial charge >= 0.3 is 12.0 Å². The summed E-state index contributed by atoms with van der Waals surface area (Å²) in [4.78, 5) is 34.2. The van der Waals surface area contributed by atoms with E-state index in [2.05, 4.69) is 16.0 Å². The van der Waals surface area contributed by atoms with Crippen molar-refractivity contribution in [2.45, 2.75) is 32.7 Å². The summed E-state index contributed by atoms with van der Waals surface area (Å²) in [5, 5.41) is 16.3. The molecule has 0 saturated carbocycles. The van der Waals surface area contributed by atoms with Gasteiger partial charge in [-0.1, -0.05) is 25.5 Å². The van der Waals surface area contributed by atoms with Crippen LogP contribution in [0.15, 0.2) is 24.3 Å². The number of hydrogen-bond donors (Lipinski definition) is 4. The molecule has 0 aliphatic heterocycles. The molecule has 0 fully saturated rings. The first-order valence-corrected chi connectivity index (χ1v) is 7.06. The van der Waals surface area contributed by atoms with Gasteiger partial charge in [0, 0.05) is 5.69 Å². The quantitative estimate of drug-likeness (QED) is 0.612. The Kier molecular flexibility index (Phi) is 6.88. The Bertz CT molecular complexity index is 545. The molecule has 0 saturated heterocycles. The third kappa shape index (κ3) is 6.25. The SMILES string of the molecule is CCCC(NC(=O)CNC(=O)Nc1cccc(C)c1)C(=O)O. The molecule has 0 heterocycles. The van der Waals surface area contributed by atoms with Crippen LogP contribution in [0.25, 0.3) is 0 Å². The lowest BCUT2D eigenvalue weighted by Gasteiger charge is -2.14. The van der Waals surface area contributed by atoms with Crippen molar-refractivity contribution in [3.05, 3.63) is 29.8 Å². The van der Waals surface area contributed by atoms with Crippen LogP contribution in [0.2, 0.25) is 0 Å². The highest BCUT2D eigenvalue weighted by molar-refractivity contribution is 5.93. The largest absolute Gasteiger partial charge is 0.480 e. The maximum absolute atomic E-state index is 11.7. The number of carbonyl (C=O) groups excluding carboxylic acids is 2. The van der Waals surface area contributed by atoms with Gasteiger partial charge in [-0.2, -0.15) is 0 Å². The molecule has 1 rings (SSSR count). The van der Waals surface area contributed by atoms with Crippen molar-refractivity contribution in [1.29, 1.82) is 0 Å². The number of rotatable bonds is 7. The highest BCUT2D eigenvalue weighted by atomic mass is 16.4. The van der Waals surface area contributed by atoms with Gasteiger partial charge in [0.05, 0.1) is 6.54 Å². The second-order valence-corrected chi connectivity index (χ2v) is 4.92. The molecule has 1 atom stereocenters. The molecule has 3 amide bonds. The summed E-state index contributed by atoms with van der Waals surface area (Å²) in [6.07, 6.45) is 0.981. The molecule has 0 aromatic heterocycles. The second kappa shape index (κ2) is 8.66. The minimum Gasteiger partial charge on any atom is -0.480 e. The number of amides is 3. The van der Waals surface area contributed by atoms with Gasteiger partial charge in [-0.15, -0.1) is 0 Å². The fraction of sp³-hybridized carbons (Fsp3) is 0.400. The van der Waals surface area contributed by atoms with Gasteiger partial charge in [0.25, 0.3) is 0 Å². The van der Waals surface area contributed by atoms with Crippen molar-refractivity contribution >= 4 is 23.6 Å². The summed E-state index contributed by atoms with van der Waals surface area (Å²) in [6.45, 7) is 3.44. The lowest BCUT2D eigenvalue weighted by molar-refractivity contribution is -0.141. The molecule has 22 heavy (non-hydrogen) atoms. The molecule has 7 heteroatoms. The molecule has 0 bridgehead atoms. The number of aliphatic carboxylic acids is 1. The Morgan fingerprint density at radius 2 is 2.00 bits per heavy atom. The fourth-order valence-electron chi connectivity index (χ4n) is 1.85. The number of carboxylic acid groups (broad SMARTS) is 1. The van der Waals surface area contributed by atoms with Crippen molar-refractivity contribution in [3.8, 4) is 0 Å². The van der Waals surface area contributed by atoms with Crippen LogP contribution in [0.3, 0.4) is 0 Å². The molecular formula is C15H21N3O4. The van der Waals surface area contributed by atoms with Gasteiger partial charge in [0.15, 0.2) is 0 Å². The summed E-state index contributed by atoms with van der Waals surface area (Å²) in [5.74, 6) is -1.63. The van der Waals surface area contributed by atoms with Crippen LogP contribution in [0, 0.1) is 6.92 Å². The number of nitrogens with one attached hydrogen (secondary N) is 3. The van der Waals surface area contributed by atoms with Crippen molar-refractivity contribution in [3.63, 3.8) is 0 Å².